The number of halogens is 1. The van der Waals surface area contributed by atoms with Crippen LogP contribution in [0.5, 0.6) is 0 Å². The van der Waals surface area contributed by atoms with E-state index in [1.54, 1.807) is 18.3 Å². The normalized spacial score (nSPS) is 17.1. The van der Waals surface area contributed by atoms with Crippen LogP contribution in [0.3, 0.4) is 0 Å². The maximum Gasteiger partial charge on any atom is 0.245 e. The van der Waals surface area contributed by atoms with Gasteiger partial charge in [0, 0.05) is 19.3 Å². The Labute approximate surface area is 124 Å². The summed E-state index contributed by atoms with van der Waals surface area (Å²) >= 11 is 5.82. The molecule has 110 valence electrons. The number of nitrogens with zero attached hydrogens (tertiary/aromatic N) is 2. The van der Waals surface area contributed by atoms with Crippen LogP contribution in [-0.2, 0) is 9.53 Å². The highest BCUT2D eigenvalue weighted by molar-refractivity contribution is 6.30. The molecule has 0 spiro atoms. The van der Waals surface area contributed by atoms with Crippen molar-refractivity contribution in [1.29, 1.82) is 0 Å². The van der Waals surface area contributed by atoms with Gasteiger partial charge in [0.2, 0.25) is 5.91 Å². The minimum absolute atomic E-state index is 0.0973. The summed E-state index contributed by atoms with van der Waals surface area (Å²) in [6.07, 6.45) is 1.57. The topological polar surface area (TPSA) is 54.5 Å². The van der Waals surface area contributed by atoms with Crippen molar-refractivity contribution in [2.75, 3.05) is 31.6 Å². The van der Waals surface area contributed by atoms with Gasteiger partial charge < -0.3 is 15.0 Å². The second-order valence-corrected chi connectivity index (χ2v) is 5.60. The molecule has 0 unspecified atom stereocenters. The second kappa shape index (κ2) is 6.90. The zero-order valence-electron chi connectivity index (χ0n) is 11.8. The largest absolute Gasteiger partial charge is 0.378 e. The maximum atomic E-state index is 12.6. The highest BCUT2D eigenvalue weighted by Crippen LogP contribution is 2.15. The Kier molecular flexibility index (Phi) is 5.20. The van der Waals surface area contributed by atoms with E-state index < -0.39 is 0 Å². The summed E-state index contributed by atoms with van der Waals surface area (Å²) < 4.78 is 5.28. The van der Waals surface area contributed by atoms with E-state index in [1.807, 2.05) is 18.7 Å². The average molecular weight is 298 g/mol. The number of carbonyl (C=O) groups excluding carboxylic acids is 1. The van der Waals surface area contributed by atoms with Crippen LogP contribution in [0.2, 0.25) is 5.02 Å². The van der Waals surface area contributed by atoms with Crippen LogP contribution in [0.25, 0.3) is 0 Å². The smallest absolute Gasteiger partial charge is 0.245 e. The molecular weight excluding hydrogens is 278 g/mol. The van der Waals surface area contributed by atoms with Crippen molar-refractivity contribution in [2.45, 2.75) is 19.9 Å². The molecule has 20 heavy (non-hydrogen) atoms. The van der Waals surface area contributed by atoms with Gasteiger partial charge in [0.15, 0.2) is 0 Å². The molecule has 0 saturated carbocycles. The number of morpholine rings is 1. The number of anilines is 1. The summed E-state index contributed by atoms with van der Waals surface area (Å²) in [6, 6.07) is 3.25. The summed E-state index contributed by atoms with van der Waals surface area (Å²) in [7, 11) is 0. The first kappa shape index (κ1) is 15.1. The van der Waals surface area contributed by atoms with Gasteiger partial charge in [0.25, 0.3) is 0 Å². The number of nitrogens with one attached hydrogen (secondary N) is 1. The molecule has 1 aromatic heterocycles. The van der Waals surface area contributed by atoms with Gasteiger partial charge in [-0.1, -0.05) is 25.4 Å². The standard InChI is InChI=1S/C14H20ClN3O2/c1-10(2)13(14(19)18-5-7-20-8-6-18)17-12-4-3-11(15)9-16-12/h3-4,9-10,13H,5-8H2,1-2H3,(H,16,17)/t13-/m0/s1. The molecule has 0 aromatic carbocycles. The molecule has 1 aliphatic heterocycles. The van der Waals surface area contributed by atoms with E-state index >= 15 is 0 Å². The van der Waals surface area contributed by atoms with Crippen molar-refractivity contribution < 1.29 is 9.53 Å². The lowest BCUT2D eigenvalue weighted by Crippen LogP contribution is -2.49. The van der Waals surface area contributed by atoms with Crippen molar-refractivity contribution in [3.05, 3.63) is 23.4 Å². The summed E-state index contributed by atoms with van der Waals surface area (Å²) in [6.45, 7) is 6.55. The van der Waals surface area contributed by atoms with Crippen molar-refractivity contribution in [3.63, 3.8) is 0 Å². The number of hydrogen-bond acceptors (Lipinski definition) is 4. The highest BCUT2D eigenvalue weighted by atomic mass is 35.5. The van der Waals surface area contributed by atoms with Crippen molar-refractivity contribution >= 4 is 23.3 Å². The van der Waals surface area contributed by atoms with E-state index in [2.05, 4.69) is 10.3 Å². The van der Waals surface area contributed by atoms with Crippen LogP contribution in [0.1, 0.15) is 13.8 Å². The van der Waals surface area contributed by atoms with Gasteiger partial charge in [-0.25, -0.2) is 4.98 Å². The third-order valence-corrected chi connectivity index (χ3v) is 3.51. The first-order chi connectivity index (χ1) is 9.58. The quantitative estimate of drug-likeness (QED) is 0.924. The molecule has 1 saturated heterocycles. The number of ether oxygens (including phenoxy) is 1. The van der Waals surface area contributed by atoms with Crippen LogP contribution < -0.4 is 5.32 Å². The van der Waals surface area contributed by atoms with Crippen molar-refractivity contribution in [2.24, 2.45) is 5.92 Å². The molecule has 0 radical (unpaired) electrons. The maximum absolute atomic E-state index is 12.6. The van der Waals surface area contributed by atoms with Crippen LogP contribution in [0, 0.1) is 5.92 Å². The lowest BCUT2D eigenvalue weighted by Gasteiger charge is -2.32. The zero-order valence-corrected chi connectivity index (χ0v) is 12.6. The summed E-state index contributed by atoms with van der Waals surface area (Å²) in [5, 5.41) is 3.78. The summed E-state index contributed by atoms with van der Waals surface area (Å²) in [4.78, 5) is 18.6. The number of aromatic nitrogens is 1. The number of hydrogen-bond donors (Lipinski definition) is 1. The number of rotatable bonds is 4. The third-order valence-electron chi connectivity index (χ3n) is 3.29. The Morgan fingerprint density at radius 1 is 1.40 bits per heavy atom. The molecular formula is C14H20ClN3O2. The molecule has 5 nitrogen and oxygen atoms in total. The molecule has 6 heteroatoms. The van der Waals surface area contributed by atoms with Gasteiger partial charge in [-0.3, -0.25) is 4.79 Å². The Morgan fingerprint density at radius 3 is 2.65 bits per heavy atom. The SMILES string of the molecule is CC(C)[C@H](Nc1ccc(Cl)cn1)C(=O)N1CCOCC1. The summed E-state index contributed by atoms with van der Waals surface area (Å²) in [5.41, 5.74) is 0. The molecule has 2 rings (SSSR count). The second-order valence-electron chi connectivity index (χ2n) is 5.17. The molecule has 1 amide bonds. The lowest BCUT2D eigenvalue weighted by atomic mass is 10.0. The lowest BCUT2D eigenvalue weighted by molar-refractivity contribution is -0.137. The van der Waals surface area contributed by atoms with E-state index in [9.17, 15) is 4.79 Å². The van der Waals surface area contributed by atoms with Gasteiger partial charge in [-0.15, -0.1) is 0 Å². The molecule has 1 atom stereocenters. The Morgan fingerprint density at radius 2 is 2.10 bits per heavy atom. The van der Waals surface area contributed by atoms with Gasteiger partial charge in [-0.2, -0.15) is 0 Å². The first-order valence-electron chi connectivity index (χ1n) is 6.82. The predicted molar refractivity (Wildman–Crippen MR) is 78.9 cm³/mol. The number of pyridine rings is 1. The predicted octanol–water partition coefficient (Wildman–Crippen LogP) is 2.03. The van der Waals surface area contributed by atoms with Gasteiger partial charge >= 0.3 is 0 Å². The Hall–Kier alpha value is -1.33. The van der Waals surface area contributed by atoms with Gasteiger partial charge in [0.05, 0.1) is 18.2 Å². The number of carbonyl (C=O) groups is 1. The van der Waals surface area contributed by atoms with Crippen LogP contribution in [0.15, 0.2) is 18.3 Å². The van der Waals surface area contributed by atoms with E-state index in [-0.39, 0.29) is 17.9 Å². The minimum Gasteiger partial charge on any atom is -0.378 e. The third kappa shape index (κ3) is 3.84. The van der Waals surface area contributed by atoms with Crippen LogP contribution in [0.4, 0.5) is 5.82 Å². The van der Waals surface area contributed by atoms with Crippen molar-refractivity contribution in [1.82, 2.24) is 9.88 Å². The Bertz CT molecular complexity index is 444. The zero-order chi connectivity index (χ0) is 14.5. The van der Waals surface area contributed by atoms with Crippen LogP contribution in [-0.4, -0.2) is 48.1 Å². The van der Waals surface area contributed by atoms with E-state index in [4.69, 9.17) is 16.3 Å². The molecule has 2 heterocycles. The number of amides is 1. The van der Waals surface area contributed by atoms with Crippen LogP contribution >= 0.6 is 11.6 Å². The van der Waals surface area contributed by atoms with Gasteiger partial charge in [-0.05, 0) is 18.1 Å². The van der Waals surface area contributed by atoms with E-state index in [1.165, 1.54) is 0 Å². The van der Waals surface area contributed by atoms with E-state index in [0.29, 0.717) is 37.1 Å². The molecule has 1 aromatic rings. The molecule has 1 fully saturated rings. The Balaban J connectivity index is 2.06. The molecule has 1 N–H and O–H groups in total. The molecule has 0 bridgehead atoms. The average Bonchev–Trinajstić information content (AvgIpc) is 2.46. The van der Waals surface area contributed by atoms with Crippen molar-refractivity contribution in [3.8, 4) is 0 Å². The summed E-state index contributed by atoms with van der Waals surface area (Å²) in [5.74, 6) is 0.928. The first-order valence-corrected chi connectivity index (χ1v) is 7.20. The molecule has 1 aliphatic rings. The monoisotopic (exact) mass is 297 g/mol. The fraction of sp³-hybridized carbons (Fsp3) is 0.571. The van der Waals surface area contributed by atoms with E-state index in [0.717, 1.165) is 0 Å². The minimum atomic E-state index is -0.290. The fourth-order valence-corrected chi connectivity index (χ4v) is 2.23. The fourth-order valence-electron chi connectivity index (χ4n) is 2.11. The molecule has 0 aliphatic carbocycles. The van der Waals surface area contributed by atoms with Gasteiger partial charge in [0.1, 0.15) is 11.9 Å². The highest BCUT2D eigenvalue weighted by Gasteiger charge is 2.28.